The van der Waals surface area contributed by atoms with E-state index in [0.717, 1.165) is 19.4 Å². The maximum absolute atomic E-state index is 10.7. The van der Waals surface area contributed by atoms with Crippen molar-refractivity contribution in [3.05, 3.63) is 22.0 Å². The molecule has 0 aromatic carbocycles. The van der Waals surface area contributed by atoms with Gasteiger partial charge in [-0.3, -0.25) is 14.8 Å². The molecule has 1 N–H and O–H groups in total. The van der Waals surface area contributed by atoms with Gasteiger partial charge in [0.05, 0.1) is 4.92 Å². The lowest BCUT2D eigenvalue weighted by Crippen LogP contribution is -2.25. The Morgan fingerprint density at radius 2 is 2.60 bits per heavy atom. The molecule has 0 aliphatic carbocycles. The normalized spacial score (nSPS) is 20.7. The van der Waals surface area contributed by atoms with E-state index < -0.39 is 0 Å². The van der Waals surface area contributed by atoms with Gasteiger partial charge in [0.1, 0.15) is 11.9 Å². The van der Waals surface area contributed by atoms with E-state index in [2.05, 4.69) is 10.4 Å². The molecule has 1 aliphatic heterocycles. The van der Waals surface area contributed by atoms with Crippen LogP contribution in [0.4, 0.5) is 5.69 Å². The molecule has 1 atom stereocenters. The highest BCUT2D eigenvalue weighted by atomic mass is 16.6. The highest BCUT2D eigenvalue weighted by Crippen LogP contribution is 2.20. The number of nitrogens with zero attached hydrogens (tertiary/aromatic N) is 3. The molecule has 0 radical (unpaired) electrons. The summed E-state index contributed by atoms with van der Waals surface area (Å²) in [6, 6.07) is 0.360. The Kier molecular flexibility index (Phi) is 2.68. The summed E-state index contributed by atoms with van der Waals surface area (Å²) in [5.74, 6) is 0. The van der Waals surface area contributed by atoms with Gasteiger partial charge in [0.2, 0.25) is 0 Å². The molecule has 6 heteroatoms. The Bertz CT molecular complexity index is 368. The average Bonchev–Trinajstić information content (AvgIpc) is 2.78. The average molecular weight is 210 g/mol. The Morgan fingerprint density at radius 3 is 3.20 bits per heavy atom. The smallest absolute Gasteiger partial charge is 0.310 e. The molecule has 1 aromatic rings. The van der Waals surface area contributed by atoms with Gasteiger partial charge in [0.15, 0.2) is 0 Å². The van der Waals surface area contributed by atoms with Crippen LogP contribution in [0.1, 0.15) is 18.5 Å². The number of aryl methyl sites for hydroxylation is 1. The Morgan fingerprint density at radius 1 is 1.80 bits per heavy atom. The van der Waals surface area contributed by atoms with Crippen LogP contribution in [-0.4, -0.2) is 27.3 Å². The fourth-order valence-electron chi connectivity index (χ4n) is 2.00. The van der Waals surface area contributed by atoms with E-state index in [1.54, 1.807) is 11.7 Å². The molecule has 0 amide bonds. The SMILES string of the molecule is Cn1ncc([N+](=O)[O-])c1CC1CCCN1. The predicted octanol–water partition coefficient (Wildman–Crippen LogP) is 0.623. The maximum Gasteiger partial charge on any atom is 0.310 e. The van der Waals surface area contributed by atoms with E-state index in [4.69, 9.17) is 0 Å². The molecule has 0 bridgehead atoms. The van der Waals surface area contributed by atoms with Gasteiger partial charge in [-0.25, -0.2) is 0 Å². The molecule has 1 unspecified atom stereocenters. The minimum Gasteiger partial charge on any atom is -0.314 e. The summed E-state index contributed by atoms with van der Waals surface area (Å²) in [6.45, 7) is 1.01. The number of nitro groups is 1. The second kappa shape index (κ2) is 3.98. The van der Waals surface area contributed by atoms with Gasteiger partial charge >= 0.3 is 5.69 Å². The van der Waals surface area contributed by atoms with Crippen molar-refractivity contribution in [3.8, 4) is 0 Å². The number of hydrogen-bond donors (Lipinski definition) is 1. The van der Waals surface area contributed by atoms with Crippen molar-refractivity contribution in [1.29, 1.82) is 0 Å². The lowest BCUT2D eigenvalue weighted by atomic mass is 10.1. The standard InChI is InChI=1S/C9H14N4O2/c1-12-8(5-7-3-2-4-10-7)9(6-11-12)13(14)15/h6-7,10H,2-5H2,1H3. The largest absolute Gasteiger partial charge is 0.314 e. The zero-order valence-electron chi connectivity index (χ0n) is 8.64. The molecule has 0 saturated carbocycles. The fourth-order valence-corrected chi connectivity index (χ4v) is 2.00. The highest BCUT2D eigenvalue weighted by molar-refractivity contribution is 5.33. The first-order valence-corrected chi connectivity index (χ1v) is 5.07. The van der Waals surface area contributed by atoms with Gasteiger partial charge in [-0.05, 0) is 19.4 Å². The summed E-state index contributed by atoms with van der Waals surface area (Å²) >= 11 is 0. The first-order chi connectivity index (χ1) is 7.18. The fraction of sp³-hybridized carbons (Fsp3) is 0.667. The lowest BCUT2D eigenvalue weighted by molar-refractivity contribution is -0.385. The second-order valence-electron chi connectivity index (χ2n) is 3.85. The zero-order valence-corrected chi connectivity index (χ0v) is 8.64. The molecule has 1 aliphatic rings. The van der Waals surface area contributed by atoms with Crippen LogP contribution < -0.4 is 5.32 Å². The van der Waals surface area contributed by atoms with Crippen molar-refractivity contribution in [2.24, 2.45) is 7.05 Å². The van der Waals surface area contributed by atoms with E-state index >= 15 is 0 Å². The molecule has 2 heterocycles. The Hall–Kier alpha value is -1.43. The van der Waals surface area contributed by atoms with E-state index in [9.17, 15) is 10.1 Å². The third kappa shape index (κ3) is 1.99. The van der Waals surface area contributed by atoms with Crippen molar-refractivity contribution >= 4 is 5.69 Å². The molecular weight excluding hydrogens is 196 g/mol. The Labute approximate surface area is 87.4 Å². The summed E-state index contributed by atoms with van der Waals surface area (Å²) < 4.78 is 1.60. The molecule has 2 rings (SSSR count). The number of rotatable bonds is 3. The monoisotopic (exact) mass is 210 g/mol. The van der Waals surface area contributed by atoms with Crippen molar-refractivity contribution in [2.45, 2.75) is 25.3 Å². The van der Waals surface area contributed by atoms with Gasteiger partial charge in [0.25, 0.3) is 0 Å². The zero-order chi connectivity index (χ0) is 10.8. The summed E-state index contributed by atoms with van der Waals surface area (Å²) in [4.78, 5) is 10.4. The van der Waals surface area contributed by atoms with Crippen LogP contribution in [0.5, 0.6) is 0 Å². The highest BCUT2D eigenvalue weighted by Gasteiger charge is 2.23. The topological polar surface area (TPSA) is 73.0 Å². The first-order valence-electron chi connectivity index (χ1n) is 5.07. The number of hydrogen-bond acceptors (Lipinski definition) is 4. The van der Waals surface area contributed by atoms with Gasteiger partial charge in [-0.15, -0.1) is 0 Å². The molecule has 15 heavy (non-hydrogen) atoms. The number of nitrogens with one attached hydrogen (secondary N) is 1. The van der Waals surface area contributed by atoms with Crippen LogP contribution in [0.25, 0.3) is 0 Å². The van der Waals surface area contributed by atoms with Crippen molar-refractivity contribution < 1.29 is 4.92 Å². The van der Waals surface area contributed by atoms with Gasteiger partial charge in [0, 0.05) is 19.5 Å². The third-order valence-corrected chi connectivity index (χ3v) is 2.84. The summed E-state index contributed by atoms with van der Waals surface area (Å²) in [5.41, 5.74) is 0.839. The van der Waals surface area contributed by atoms with Crippen molar-refractivity contribution in [3.63, 3.8) is 0 Å². The first kappa shape index (κ1) is 10.1. The van der Waals surface area contributed by atoms with E-state index in [1.165, 1.54) is 6.20 Å². The van der Waals surface area contributed by atoms with Gasteiger partial charge in [-0.1, -0.05) is 0 Å². The van der Waals surface area contributed by atoms with E-state index in [1.807, 2.05) is 0 Å². The van der Waals surface area contributed by atoms with Crippen LogP contribution >= 0.6 is 0 Å². The summed E-state index contributed by atoms with van der Waals surface area (Å²) in [5, 5.41) is 18.0. The van der Waals surface area contributed by atoms with Crippen LogP contribution in [0.2, 0.25) is 0 Å². The molecule has 1 saturated heterocycles. The summed E-state index contributed by atoms with van der Waals surface area (Å²) in [6.07, 6.45) is 4.25. The van der Waals surface area contributed by atoms with E-state index in [0.29, 0.717) is 18.2 Å². The van der Waals surface area contributed by atoms with Crippen LogP contribution in [0, 0.1) is 10.1 Å². The predicted molar refractivity (Wildman–Crippen MR) is 54.6 cm³/mol. The quantitative estimate of drug-likeness (QED) is 0.586. The molecular formula is C9H14N4O2. The maximum atomic E-state index is 10.7. The minimum absolute atomic E-state index is 0.131. The van der Waals surface area contributed by atoms with Gasteiger partial charge in [-0.2, -0.15) is 5.10 Å². The minimum atomic E-state index is -0.364. The molecule has 1 fully saturated rings. The number of aromatic nitrogens is 2. The van der Waals surface area contributed by atoms with E-state index in [-0.39, 0.29) is 10.6 Å². The van der Waals surface area contributed by atoms with Gasteiger partial charge < -0.3 is 5.32 Å². The van der Waals surface area contributed by atoms with Crippen LogP contribution in [0.15, 0.2) is 6.20 Å². The molecule has 1 aromatic heterocycles. The molecule has 82 valence electrons. The van der Waals surface area contributed by atoms with Crippen LogP contribution in [0.3, 0.4) is 0 Å². The Balaban J connectivity index is 2.18. The molecule has 6 nitrogen and oxygen atoms in total. The van der Waals surface area contributed by atoms with Crippen molar-refractivity contribution in [1.82, 2.24) is 15.1 Å². The van der Waals surface area contributed by atoms with Crippen LogP contribution in [-0.2, 0) is 13.5 Å². The second-order valence-corrected chi connectivity index (χ2v) is 3.85. The molecule has 0 spiro atoms. The summed E-state index contributed by atoms with van der Waals surface area (Å²) in [7, 11) is 1.75. The third-order valence-electron chi connectivity index (χ3n) is 2.84. The van der Waals surface area contributed by atoms with Crippen molar-refractivity contribution in [2.75, 3.05) is 6.54 Å². The lowest BCUT2D eigenvalue weighted by Gasteiger charge is -2.09.